The van der Waals surface area contributed by atoms with Gasteiger partial charge in [0.1, 0.15) is 22.8 Å². The third-order valence-corrected chi connectivity index (χ3v) is 5.72. The number of para-hydroxylation sites is 1. The lowest BCUT2D eigenvalue weighted by Crippen LogP contribution is -2.15. The summed E-state index contributed by atoms with van der Waals surface area (Å²) in [5.41, 5.74) is 1.89. The first-order valence-corrected chi connectivity index (χ1v) is 11.7. The number of aromatic nitrogens is 4. The van der Waals surface area contributed by atoms with E-state index in [0.717, 1.165) is 0 Å². The molecular formula is C28H21FN4O6. The number of carbonyl (C=O) groups is 2. The van der Waals surface area contributed by atoms with E-state index in [1.807, 2.05) is 6.07 Å². The summed E-state index contributed by atoms with van der Waals surface area (Å²) in [6.45, 7) is 0.00638. The number of hydrogen-bond acceptors (Lipinski definition) is 9. The Bertz CT molecular complexity index is 1610. The second-order valence-electron chi connectivity index (χ2n) is 8.13. The van der Waals surface area contributed by atoms with E-state index in [2.05, 4.69) is 15.2 Å². The van der Waals surface area contributed by atoms with Crippen molar-refractivity contribution < 1.29 is 32.7 Å². The molecule has 39 heavy (non-hydrogen) atoms. The number of carbonyl (C=O) groups excluding carboxylic acids is 2. The van der Waals surface area contributed by atoms with Crippen molar-refractivity contribution in [2.75, 3.05) is 14.2 Å². The third-order valence-electron chi connectivity index (χ3n) is 5.72. The molecule has 3 aromatic carbocycles. The summed E-state index contributed by atoms with van der Waals surface area (Å²) >= 11 is 0. The number of methoxy groups -OCH3 is 2. The Morgan fingerprint density at radius 3 is 2.21 bits per heavy atom. The smallest absolute Gasteiger partial charge is 0.357 e. The maximum atomic E-state index is 13.1. The van der Waals surface area contributed by atoms with Gasteiger partial charge in [0.15, 0.2) is 12.3 Å². The molecule has 11 heteroatoms. The molecule has 0 radical (unpaired) electrons. The van der Waals surface area contributed by atoms with Crippen molar-refractivity contribution in [3.63, 3.8) is 0 Å². The summed E-state index contributed by atoms with van der Waals surface area (Å²) in [4.78, 5) is 29.9. The third kappa shape index (κ3) is 5.23. The summed E-state index contributed by atoms with van der Waals surface area (Å²) in [7, 11) is 2.45. The van der Waals surface area contributed by atoms with Crippen LogP contribution < -0.4 is 4.74 Å². The molecule has 0 aliphatic heterocycles. The lowest BCUT2D eigenvalue weighted by atomic mass is 10.0. The van der Waals surface area contributed by atoms with Crippen LogP contribution in [0.3, 0.4) is 0 Å². The lowest BCUT2D eigenvalue weighted by molar-refractivity contribution is 0.0549. The van der Waals surface area contributed by atoms with Crippen LogP contribution in [0.5, 0.6) is 5.75 Å². The molecule has 0 aliphatic carbocycles. The monoisotopic (exact) mass is 528 g/mol. The molecule has 5 aromatic rings. The minimum Gasteiger partial charge on any atom is -0.484 e. The summed E-state index contributed by atoms with van der Waals surface area (Å²) in [5, 5.41) is 8.56. The summed E-state index contributed by atoms with van der Waals surface area (Å²) in [5.74, 6) is -0.827. The Hall–Kier alpha value is -5.32. The fourth-order valence-electron chi connectivity index (χ4n) is 3.84. The molecule has 2 aromatic heterocycles. The van der Waals surface area contributed by atoms with Crippen molar-refractivity contribution in [1.29, 1.82) is 0 Å². The summed E-state index contributed by atoms with van der Waals surface area (Å²) < 4.78 is 35.2. The molecule has 10 nitrogen and oxygen atoms in total. The van der Waals surface area contributed by atoms with Crippen LogP contribution in [-0.2, 0) is 16.1 Å². The first-order chi connectivity index (χ1) is 19.0. The summed E-state index contributed by atoms with van der Waals surface area (Å²) in [6.07, 6.45) is 0. The SMILES string of the molecule is COC(=O)c1c(-c2ccc(-c3noc(COc4ccc(F)cc4)n3)cc2)nn(-c2ccccc2)c1C(=O)OC. The molecule has 5 rings (SSSR count). The van der Waals surface area contributed by atoms with Gasteiger partial charge in [0.25, 0.3) is 5.89 Å². The van der Waals surface area contributed by atoms with E-state index in [-0.39, 0.29) is 35.3 Å². The molecule has 0 unspecified atom stereocenters. The van der Waals surface area contributed by atoms with Gasteiger partial charge in [0.2, 0.25) is 5.82 Å². The number of ether oxygens (including phenoxy) is 3. The molecule has 0 aliphatic rings. The zero-order valence-electron chi connectivity index (χ0n) is 20.8. The number of benzene rings is 3. The minimum atomic E-state index is -0.739. The van der Waals surface area contributed by atoms with Gasteiger partial charge in [-0.1, -0.05) is 47.6 Å². The van der Waals surface area contributed by atoms with E-state index < -0.39 is 11.9 Å². The number of halogens is 1. The van der Waals surface area contributed by atoms with E-state index in [1.165, 1.54) is 43.2 Å². The van der Waals surface area contributed by atoms with Gasteiger partial charge in [0.05, 0.1) is 19.9 Å². The zero-order valence-corrected chi connectivity index (χ0v) is 20.8. The van der Waals surface area contributed by atoms with Crippen molar-refractivity contribution >= 4 is 11.9 Å². The van der Waals surface area contributed by atoms with Crippen molar-refractivity contribution in [3.8, 4) is 34.1 Å². The van der Waals surface area contributed by atoms with Gasteiger partial charge in [-0.15, -0.1) is 0 Å². The van der Waals surface area contributed by atoms with Crippen molar-refractivity contribution in [2.45, 2.75) is 6.61 Å². The molecule has 0 atom stereocenters. The molecule has 0 fully saturated rings. The predicted octanol–water partition coefficient (Wildman–Crippen LogP) is 4.88. The van der Waals surface area contributed by atoms with E-state index >= 15 is 0 Å². The molecule has 0 saturated carbocycles. The Morgan fingerprint density at radius 1 is 0.872 bits per heavy atom. The first kappa shape index (κ1) is 25.3. The Labute approximate surface area is 221 Å². The van der Waals surface area contributed by atoms with Crippen LogP contribution in [-0.4, -0.2) is 46.1 Å². The summed E-state index contributed by atoms with van der Waals surface area (Å²) in [6, 6.07) is 21.4. The molecule has 0 spiro atoms. The standard InChI is InChI=1S/C28H21FN4O6/c1-36-27(34)23-24(31-33(25(23)28(35)37-2)20-6-4-3-5-7-20)17-8-10-18(11-9-17)26-30-22(39-32-26)16-38-21-14-12-19(29)13-15-21/h3-15H,16H2,1-2H3. The average molecular weight is 528 g/mol. The highest BCUT2D eigenvalue weighted by atomic mass is 19.1. The van der Waals surface area contributed by atoms with Gasteiger partial charge in [-0.3, -0.25) is 0 Å². The second-order valence-corrected chi connectivity index (χ2v) is 8.13. The van der Waals surface area contributed by atoms with Crippen LogP contribution in [0.1, 0.15) is 26.7 Å². The van der Waals surface area contributed by atoms with Crippen molar-refractivity contribution in [1.82, 2.24) is 19.9 Å². The van der Waals surface area contributed by atoms with Crippen LogP contribution in [0.25, 0.3) is 28.3 Å². The predicted molar refractivity (Wildman–Crippen MR) is 136 cm³/mol. The van der Waals surface area contributed by atoms with E-state index in [0.29, 0.717) is 28.4 Å². The molecular weight excluding hydrogens is 507 g/mol. The van der Waals surface area contributed by atoms with Gasteiger partial charge in [-0.25, -0.2) is 18.7 Å². The maximum absolute atomic E-state index is 13.1. The number of esters is 2. The van der Waals surface area contributed by atoms with Gasteiger partial charge >= 0.3 is 11.9 Å². The molecule has 0 N–H and O–H groups in total. The molecule has 0 amide bonds. The van der Waals surface area contributed by atoms with E-state index in [4.69, 9.17) is 18.7 Å². The Kier molecular flexibility index (Phi) is 7.13. The second kappa shape index (κ2) is 11.0. The van der Waals surface area contributed by atoms with Crippen LogP contribution in [0.4, 0.5) is 4.39 Å². The van der Waals surface area contributed by atoms with E-state index in [9.17, 15) is 14.0 Å². The van der Waals surface area contributed by atoms with Crippen LogP contribution >= 0.6 is 0 Å². The van der Waals surface area contributed by atoms with Crippen molar-refractivity contribution in [3.05, 3.63) is 102 Å². The number of hydrogen-bond donors (Lipinski definition) is 0. The maximum Gasteiger partial charge on any atom is 0.357 e. The fourth-order valence-corrected chi connectivity index (χ4v) is 3.84. The highest BCUT2D eigenvalue weighted by Crippen LogP contribution is 2.30. The Balaban J connectivity index is 1.45. The Morgan fingerprint density at radius 2 is 1.54 bits per heavy atom. The van der Waals surface area contributed by atoms with Gasteiger partial charge in [-0.05, 0) is 36.4 Å². The molecule has 2 heterocycles. The minimum absolute atomic E-state index is 0.00638. The molecule has 0 saturated heterocycles. The topological polar surface area (TPSA) is 119 Å². The fraction of sp³-hybridized carbons (Fsp3) is 0.107. The van der Waals surface area contributed by atoms with Crippen LogP contribution in [0.2, 0.25) is 0 Å². The molecule has 0 bridgehead atoms. The molecule has 196 valence electrons. The van der Waals surface area contributed by atoms with Gasteiger partial charge in [-0.2, -0.15) is 10.1 Å². The largest absolute Gasteiger partial charge is 0.484 e. The average Bonchev–Trinajstić information content (AvgIpc) is 3.62. The zero-order chi connectivity index (χ0) is 27.4. The highest BCUT2D eigenvalue weighted by Gasteiger charge is 2.31. The number of nitrogens with zero attached hydrogens (tertiary/aromatic N) is 4. The highest BCUT2D eigenvalue weighted by molar-refractivity contribution is 6.06. The number of rotatable bonds is 8. The van der Waals surface area contributed by atoms with Gasteiger partial charge < -0.3 is 18.7 Å². The normalized spacial score (nSPS) is 10.7. The lowest BCUT2D eigenvalue weighted by Gasteiger charge is -2.07. The van der Waals surface area contributed by atoms with E-state index in [1.54, 1.807) is 48.5 Å². The first-order valence-electron chi connectivity index (χ1n) is 11.7. The van der Waals surface area contributed by atoms with Crippen LogP contribution in [0.15, 0.2) is 83.4 Å². The van der Waals surface area contributed by atoms with Crippen LogP contribution in [0, 0.1) is 5.82 Å². The van der Waals surface area contributed by atoms with Gasteiger partial charge in [0, 0.05) is 11.1 Å². The van der Waals surface area contributed by atoms with Crippen molar-refractivity contribution in [2.24, 2.45) is 0 Å². The quantitative estimate of drug-likeness (QED) is 0.260.